The Morgan fingerprint density at radius 1 is 1.26 bits per heavy atom. The average molecular weight is 264 g/mol. The molecule has 1 aliphatic heterocycles. The molecule has 2 N–H and O–H groups in total. The van der Waals surface area contributed by atoms with Gasteiger partial charge in [0.2, 0.25) is 0 Å². The molecule has 3 heteroatoms. The number of nitrogens with zero attached hydrogens (tertiary/aromatic N) is 1. The van der Waals surface area contributed by atoms with Gasteiger partial charge in [0.15, 0.2) is 0 Å². The van der Waals surface area contributed by atoms with E-state index in [1.165, 1.54) is 0 Å². The van der Waals surface area contributed by atoms with Crippen LogP contribution in [0.4, 0.5) is 0 Å². The predicted octanol–water partition coefficient (Wildman–Crippen LogP) is 2.70. The van der Waals surface area contributed by atoms with E-state index in [-0.39, 0.29) is 5.92 Å². The van der Waals surface area contributed by atoms with Gasteiger partial charge in [-0.3, -0.25) is 0 Å². The molecule has 2 fully saturated rings. The Morgan fingerprint density at radius 3 is 2.37 bits per heavy atom. The summed E-state index contributed by atoms with van der Waals surface area (Å²) in [4.78, 5) is 0. The molecule has 0 bridgehead atoms. The minimum absolute atomic E-state index is 0.163. The van der Waals surface area contributed by atoms with Crippen molar-refractivity contribution in [1.29, 1.82) is 5.26 Å². The molecule has 0 aromatic heterocycles. The molecule has 108 valence electrons. The average Bonchev–Trinajstić information content (AvgIpc) is 2.42. The highest BCUT2D eigenvalue weighted by Crippen LogP contribution is 2.52. The Bertz CT molecular complexity index is 352. The van der Waals surface area contributed by atoms with Crippen LogP contribution in [-0.2, 0) is 0 Å². The van der Waals surface area contributed by atoms with Crippen LogP contribution in [-0.4, -0.2) is 23.8 Å². The molecule has 19 heavy (non-hydrogen) atoms. The number of piperidine rings is 1. The zero-order chi connectivity index (χ0) is 14.1. The highest BCUT2D eigenvalue weighted by atomic mass is 16.3. The van der Waals surface area contributed by atoms with Crippen molar-refractivity contribution in [3.63, 3.8) is 0 Å². The fraction of sp³-hybridized carbons (Fsp3) is 0.938. The van der Waals surface area contributed by atoms with Crippen LogP contribution in [0.3, 0.4) is 0 Å². The predicted molar refractivity (Wildman–Crippen MR) is 76.4 cm³/mol. The molecule has 1 aliphatic carbocycles. The van der Waals surface area contributed by atoms with E-state index >= 15 is 0 Å². The number of rotatable bonds is 2. The molecular formula is C16H28N2O. The minimum atomic E-state index is -0.797. The van der Waals surface area contributed by atoms with Crippen LogP contribution in [0.1, 0.15) is 52.9 Å². The van der Waals surface area contributed by atoms with Crippen LogP contribution in [0.2, 0.25) is 0 Å². The lowest BCUT2D eigenvalue weighted by Crippen LogP contribution is -2.60. The smallest absolute Gasteiger partial charge is 0.0882 e. The fourth-order valence-electron chi connectivity index (χ4n) is 4.16. The van der Waals surface area contributed by atoms with Gasteiger partial charge in [0.25, 0.3) is 0 Å². The maximum Gasteiger partial charge on any atom is 0.0882 e. The second-order valence-electron chi connectivity index (χ2n) is 7.05. The molecule has 0 amide bonds. The van der Waals surface area contributed by atoms with Crippen LogP contribution in [0.25, 0.3) is 0 Å². The Kier molecular flexibility index (Phi) is 4.23. The molecule has 1 saturated heterocycles. The largest absolute Gasteiger partial charge is 0.388 e. The van der Waals surface area contributed by atoms with E-state index < -0.39 is 11.0 Å². The van der Waals surface area contributed by atoms with Gasteiger partial charge in [-0.15, -0.1) is 0 Å². The molecule has 0 radical (unpaired) electrons. The van der Waals surface area contributed by atoms with Crippen LogP contribution in [0.5, 0.6) is 0 Å². The van der Waals surface area contributed by atoms with Gasteiger partial charge >= 0.3 is 0 Å². The third-order valence-corrected chi connectivity index (χ3v) is 5.82. The molecule has 0 aromatic rings. The summed E-state index contributed by atoms with van der Waals surface area (Å²) in [5.41, 5.74) is -1.31. The zero-order valence-electron chi connectivity index (χ0n) is 12.6. The monoisotopic (exact) mass is 264 g/mol. The molecule has 2 unspecified atom stereocenters. The van der Waals surface area contributed by atoms with Crippen LogP contribution in [0.15, 0.2) is 0 Å². The molecule has 2 atom stereocenters. The zero-order valence-corrected chi connectivity index (χ0v) is 12.6. The lowest BCUT2D eigenvalue weighted by atomic mass is 9.56. The first-order chi connectivity index (χ1) is 8.95. The fourth-order valence-corrected chi connectivity index (χ4v) is 4.16. The maximum absolute atomic E-state index is 11.2. The molecule has 0 aromatic carbocycles. The summed E-state index contributed by atoms with van der Waals surface area (Å²) in [6, 6.07) is 2.54. The van der Waals surface area contributed by atoms with Crippen molar-refractivity contribution in [1.82, 2.24) is 5.32 Å². The van der Waals surface area contributed by atoms with Crippen molar-refractivity contribution in [2.24, 2.45) is 23.2 Å². The van der Waals surface area contributed by atoms with Crippen molar-refractivity contribution < 1.29 is 5.11 Å². The van der Waals surface area contributed by atoms with Gasteiger partial charge in [0, 0.05) is 6.54 Å². The molecular weight excluding hydrogens is 236 g/mol. The highest BCUT2D eigenvalue weighted by Gasteiger charge is 2.55. The number of aliphatic hydroxyl groups is 1. The summed E-state index contributed by atoms with van der Waals surface area (Å²) >= 11 is 0. The van der Waals surface area contributed by atoms with Crippen molar-refractivity contribution in [3.8, 4) is 6.07 Å². The van der Waals surface area contributed by atoms with Gasteiger partial charge in [0.05, 0.1) is 17.1 Å². The number of nitrogens with one attached hydrogen (secondary N) is 1. The Hall–Kier alpha value is -0.590. The summed E-state index contributed by atoms with van der Waals surface area (Å²) in [5.74, 6) is 1.58. The first kappa shape index (κ1) is 14.8. The Balaban J connectivity index is 2.18. The molecule has 2 aliphatic rings. The van der Waals surface area contributed by atoms with Crippen molar-refractivity contribution in [2.75, 3.05) is 13.1 Å². The molecule has 2 rings (SSSR count). The summed E-state index contributed by atoms with van der Waals surface area (Å²) < 4.78 is 0. The van der Waals surface area contributed by atoms with E-state index in [4.69, 9.17) is 0 Å². The van der Waals surface area contributed by atoms with Gasteiger partial charge in [-0.1, -0.05) is 20.8 Å². The summed E-state index contributed by atoms with van der Waals surface area (Å²) in [6.07, 6.45) is 4.63. The van der Waals surface area contributed by atoms with Crippen molar-refractivity contribution in [3.05, 3.63) is 0 Å². The van der Waals surface area contributed by atoms with Gasteiger partial charge < -0.3 is 10.4 Å². The number of hydrogen-bond acceptors (Lipinski definition) is 3. The summed E-state index contributed by atoms with van der Waals surface area (Å²) in [6.45, 7) is 8.28. The van der Waals surface area contributed by atoms with E-state index in [2.05, 4.69) is 32.2 Å². The van der Waals surface area contributed by atoms with Crippen LogP contribution < -0.4 is 5.32 Å². The second kappa shape index (κ2) is 5.42. The van der Waals surface area contributed by atoms with Crippen molar-refractivity contribution in [2.45, 2.75) is 58.5 Å². The highest BCUT2D eigenvalue weighted by molar-refractivity contribution is 5.16. The van der Waals surface area contributed by atoms with Crippen LogP contribution in [0, 0.1) is 34.5 Å². The van der Waals surface area contributed by atoms with E-state index in [0.717, 1.165) is 44.7 Å². The van der Waals surface area contributed by atoms with Crippen molar-refractivity contribution >= 4 is 0 Å². The first-order valence-corrected chi connectivity index (χ1v) is 7.79. The van der Waals surface area contributed by atoms with Gasteiger partial charge in [-0.05, 0) is 56.4 Å². The number of hydrogen-bond donors (Lipinski definition) is 2. The van der Waals surface area contributed by atoms with Crippen LogP contribution >= 0.6 is 0 Å². The first-order valence-electron chi connectivity index (χ1n) is 7.79. The Morgan fingerprint density at radius 2 is 1.89 bits per heavy atom. The summed E-state index contributed by atoms with van der Waals surface area (Å²) in [7, 11) is 0. The SMILES string of the molecule is CC(C)C1CCC(C#N)(C2(O)CCNCC2C)CC1. The van der Waals surface area contributed by atoms with E-state index in [1.807, 2.05) is 0 Å². The van der Waals surface area contributed by atoms with E-state index in [1.54, 1.807) is 0 Å². The minimum Gasteiger partial charge on any atom is -0.388 e. The molecule has 1 saturated carbocycles. The van der Waals surface area contributed by atoms with Gasteiger partial charge in [-0.25, -0.2) is 0 Å². The second-order valence-corrected chi connectivity index (χ2v) is 7.05. The topological polar surface area (TPSA) is 56.0 Å². The quantitative estimate of drug-likeness (QED) is 0.806. The number of nitriles is 1. The lowest BCUT2D eigenvalue weighted by Gasteiger charge is -2.52. The third-order valence-electron chi connectivity index (χ3n) is 5.82. The molecule has 3 nitrogen and oxygen atoms in total. The summed E-state index contributed by atoms with van der Waals surface area (Å²) in [5, 5.41) is 24.3. The molecule has 0 spiro atoms. The van der Waals surface area contributed by atoms with E-state index in [9.17, 15) is 10.4 Å². The lowest BCUT2D eigenvalue weighted by molar-refractivity contribution is -0.131. The Labute approximate surface area is 117 Å². The van der Waals surface area contributed by atoms with Gasteiger partial charge in [0.1, 0.15) is 0 Å². The molecule has 1 heterocycles. The standard InChI is InChI=1S/C16H28N2O/c1-12(2)14-4-6-15(11-17,7-5-14)16(19)8-9-18-10-13(16)3/h12-14,18-19H,4-10H2,1-3H3. The maximum atomic E-state index is 11.2. The third kappa shape index (κ3) is 2.41. The normalized spacial score (nSPS) is 44.0. The van der Waals surface area contributed by atoms with Gasteiger partial charge in [-0.2, -0.15) is 5.26 Å². The van der Waals surface area contributed by atoms with E-state index in [0.29, 0.717) is 12.3 Å².